The Balaban J connectivity index is 2.39. The van der Waals surface area contributed by atoms with Gasteiger partial charge in [-0.15, -0.1) is 0 Å². The van der Waals surface area contributed by atoms with Crippen molar-refractivity contribution in [2.75, 3.05) is 6.61 Å². The van der Waals surface area contributed by atoms with E-state index in [1.165, 1.54) is 0 Å². The highest BCUT2D eigenvalue weighted by molar-refractivity contribution is 5.95. The summed E-state index contributed by atoms with van der Waals surface area (Å²) in [5.74, 6) is -2.81. The fourth-order valence-corrected chi connectivity index (χ4v) is 1.61. The quantitative estimate of drug-likeness (QED) is 0.782. The molecule has 5 heteroatoms. The molecule has 1 unspecified atom stereocenters. The molecule has 1 heterocycles. The SMILES string of the molecule is CC(C)C1COC(c2c(F)cc(F)cc2F)=N1. The van der Waals surface area contributed by atoms with Crippen LogP contribution in [0.1, 0.15) is 19.4 Å². The minimum Gasteiger partial charge on any atom is -0.475 e. The first-order chi connectivity index (χ1) is 7.99. The summed E-state index contributed by atoms with van der Waals surface area (Å²) in [7, 11) is 0. The maximum absolute atomic E-state index is 13.5. The Morgan fingerprint density at radius 1 is 1.24 bits per heavy atom. The van der Waals surface area contributed by atoms with Crippen LogP contribution in [-0.4, -0.2) is 18.5 Å². The third-order valence-corrected chi connectivity index (χ3v) is 2.66. The van der Waals surface area contributed by atoms with Gasteiger partial charge >= 0.3 is 0 Å². The number of ether oxygens (including phenoxy) is 1. The lowest BCUT2D eigenvalue weighted by molar-refractivity contribution is 0.290. The summed E-state index contributed by atoms with van der Waals surface area (Å²) >= 11 is 0. The molecule has 0 bridgehead atoms. The van der Waals surface area contributed by atoms with Gasteiger partial charge in [0.25, 0.3) is 0 Å². The molecule has 1 aliphatic heterocycles. The summed E-state index contributed by atoms with van der Waals surface area (Å²) in [4.78, 5) is 4.10. The van der Waals surface area contributed by atoms with Gasteiger partial charge < -0.3 is 4.74 Å². The van der Waals surface area contributed by atoms with Crippen molar-refractivity contribution in [3.63, 3.8) is 0 Å². The zero-order valence-electron chi connectivity index (χ0n) is 9.51. The molecule has 0 saturated heterocycles. The van der Waals surface area contributed by atoms with Gasteiger partial charge in [0.05, 0.1) is 6.04 Å². The van der Waals surface area contributed by atoms with E-state index >= 15 is 0 Å². The number of hydrogen-bond donors (Lipinski definition) is 0. The molecule has 0 aromatic heterocycles. The molecule has 0 amide bonds. The van der Waals surface area contributed by atoms with Gasteiger partial charge in [0.1, 0.15) is 29.6 Å². The van der Waals surface area contributed by atoms with Crippen LogP contribution in [-0.2, 0) is 4.74 Å². The molecular weight excluding hydrogens is 231 g/mol. The van der Waals surface area contributed by atoms with E-state index in [4.69, 9.17) is 4.74 Å². The normalized spacial score (nSPS) is 19.4. The van der Waals surface area contributed by atoms with Gasteiger partial charge in [-0.25, -0.2) is 18.2 Å². The van der Waals surface area contributed by atoms with Gasteiger partial charge in [-0.3, -0.25) is 0 Å². The third kappa shape index (κ3) is 2.28. The summed E-state index contributed by atoms with van der Waals surface area (Å²) in [6.07, 6.45) is 0. The zero-order chi connectivity index (χ0) is 12.6. The monoisotopic (exact) mass is 243 g/mol. The van der Waals surface area contributed by atoms with E-state index in [2.05, 4.69) is 4.99 Å². The molecule has 2 rings (SSSR count). The second-order valence-corrected chi connectivity index (χ2v) is 4.30. The molecular formula is C12H12F3NO. The van der Waals surface area contributed by atoms with Crippen LogP contribution in [0.4, 0.5) is 13.2 Å². The second kappa shape index (κ2) is 4.39. The predicted octanol–water partition coefficient (Wildman–Crippen LogP) is 2.91. The first-order valence-corrected chi connectivity index (χ1v) is 5.34. The molecule has 2 nitrogen and oxygen atoms in total. The van der Waals surface area contributed by atoms with Crippen LogP contribution in [0.15, 0.2) is 17.1 Å². The first-order valence-electron chi connectivity index (χ1n) is 5.34. The topological polar surface area (TPSA) is 21.6 Å². The fourth-order valence-electron chi connectivity index (χ4n) is 1.61. The molecule has 1 aliphatic rings. The van der Waals surface area contributed by atoms with Crippen molar-refractivity contribution in [2.24, 2.45) is 10.9 Å². The van der Waals surface area contributed by atoms with Crippen molar-refractivity contribution in [3.05, 3.63) is 35.1 Å². The number of rotatable bonds is 2. The van der Waals surface area contributed by atoms with Crippen molar-refractivity contribution < 1.29 is 17.9 Å². The van der Waals surface area contributed by atoms with E-state index < -0.39 is 23.0 Å². The Morgan fingerprint density at radius 2 is 1.82 bits per heavy atom. The molecule has 0 spiro atoms. The van der Waals surface area contributed by atoms with E-state index in [1.807, 2.05) is 13.8 Å². The lowest BCUT2D eigenvalue weighted by atomic mass is 10.1. The van der Waals surface area contributed by atoms with Crippen LogP contribution in [0.5, 0.6) is 0 Å². The van der Waals surface area contributed by atoms with E-state index in [1.54, 1.807) is 0 Å². The molecule has 0 N–H and O–H groups in total. The summed E-state index contributed by atoms with van der Waals surface area (Å²) in [6, 6.07) is 1.12. The van der Waals surface area contributed by atoms with Crippen molar-refractivity contribution in [3.8, 4) is 0 Å². The van der Waals surface area contributed by atoms with Crippen molar-refractivity contribution in [2.45, 2.75) is 19.9 Å². The van der Waals surface area contributed by atoms with Crippen LogP contribution in [0, 0.1) is 23.4 Å². The molecule has 0 aliphatic carbocycles. The standard InChI is InChI=1S/C12H12F3NO/c1-6(2)10-5-17-12(16-10)11-8(14)3-7(13)4-9(11)15/h3-4,6,10H,5H2,1-2H3. The highest BCUT2D eigenvalue weighted by Crippen LogP contribution is 2.22. The summed E-state index contributed by atoms with van der Waals surface area (Å²) < 4.78 is 44.8. The molecule has 92 valence electrons. The second-order valence-electron chi connectivity index (χ2n) is 4.30. The Bertz CT molecular complexity index is 448. The smallest absolute Gasteiger partial charge is 0.222 e. The van der Waals surface area contributed by atoms with E-state index in [-0.39, 0.29) is 17.9 Å². The Hall–Kier alpha value is -1.52. The zero-order valence-corrected chi connectivity index (χ0v) is 9.51. The molecule has 17 heavy (non-hydrogen) atoms. The lowest BCUT2D eigenvalue weighted by Gasteiger charge is -2.06. The van der Waals surface area contributed by atoms with Crippen LogP contribution in [0.25, 0.3) is 0 Å². The van der Waals surface area contributed by atoms with E-state index in [0.29, 0.717) is 18.7 Å². The number of halogens is 3. The molecule has 1 aromatic rings. The number of aliphatic imine (C=N–C) groups is 1. The number of hydrogen-bond acceptors (Lipinski definition) is 2. The third-order valence-electron chi connectivity index (χ3n) is 2.66. The fraction of sp³-hybridized carbons (Fsp3) is 0.417. The van der Waals surface area contributed by atoms with Gasteiger partial charge in [-0.1, -0.05) is 13.8 Å². The minimum atomic E-state index is -0.995. The summed E-state index contributed by atoms with van der Waals surface area (Å²) in [5, 5.41) is 0. The molecule has 0 fully saturated rings. The first kappa shape index (κ1) is 12.0. The number of nitrogens with zero attached hydrogens (tertiary/aromatic N) is 1. The maximum Gasteiger partial charge on any atom is 0.222 e. The average Bonchev–Trinajstić information content (AvgIpc) is 2.65. The molecule has 0 saturated carbocycles. The minimum absolute atomic E-state index is 0.0845. The summed E-state index contributed by atoms with van der Waals surface area (Å²) in [5.41, 5.74) is -0.394. The number of benzene rings is 1. The van der Waals surface area contributed by atoms with Crippen LogP contribution >= 0.6 is 0 Å². The molecule has 1 atom stereocenters. The van der Waals surface area contributed by atoms with E-state index in [0.717, 1.165) is 0 Å². The van der Waals surface area contributed by atoms with Crippen molar-refractivity contribution in [1.82, 2.24) is 0 Å². The van der Waals surface area contributed by atoms with Gasteiger partial charge in [-0.05, 0) is 5.92 Å². The maximum atomic E-state index is 13.5. The Kier molecular flexibility index (Phi) is 3.09. The van der Waals surface area contributed by atoms with Gasteiger partial charge in [0.15, 0.2) is 0 Å². The Morgan fingerprint density at radius 3 is 2.29 bits per heavy atom. The van der Waals surface area contributed by atoms with E-state index in [9.17, 15) is 13.2 Å². The van der Waals surface area contributed by atoms with Crippen molar-refractivity contribution >= 4 is 5.90 Å². The Labute approximate surface area is 97.1 Å². The largest absolute Gasteiger partial charge is 0.475 e. The van der Waals surface area contributed by atoms with Gasteiger partial charge in [0, 0.05) is 12.1 Å². The van der Waals surface area contributed by atoms with Crippen LogP contribution in [0.2, 0.25) is 0 Å². The molecule has 0 radical (unpaired) electrons. The average molecular weight is 243 g/mol. The van der Waals surface area contributed by atoms with Crippen LogP contribution in [0.3, 0.4) is 0 Å². The molecule has 1 aromatic carbocycles. The highest BCUT2D eigenvalue weighted by Gasteiger charge is 2.27. The van der Waals surface area contributed by atoms with Gasteiger partial charge in [-0.2, -0.15) is 0 Å². The lowest BCUT2D eigenvalue weighted by Crippen LogP contribution is -2.13. The van der Waals surface area contributed by atoms with Gasteiger partial charge in [0.2, 0.25) is 5.90 Å². The summed E-state index contributed by atoms with van der Waals surface area (Å²) in [6.45, 7) is 4.18. The predicted molar refractivity (Wildman–Crippen MR) is 57.4 cm³/mol. The van der Waals surface area contributed by atoms with Crippen molar-refractivity contribution in [1.29, 1.82) is 0 Å². The van der Waals surface area contributed by atoms with Crippen LogP contribution < -0.4 is 0 Å². The highest BCUT2D eigenvalue weighted by atomic mass is 19.1.